The summed E-state index contributed by atoms with van der Waals surface area (Å²) in [4.78, 5) is 12.1. The summed E-state index contributed by atoms with van der Waals surface area (Å²) in [6.45, 7) is 8.64. The molecule has 4 heteroatoms. The Hall–Kier alpha value is -1.58. The molecule has 3 aliphatic rings. The van der Waals surface area contributed by atoms with Gasteiger partial charge < -0.3 is 9.26 Å². The Morgan fingerprint density at radius 2 is 2.24 bits per heavy atom. The zero-order valence-corrected chi connectivity index (χ0v) is 13.2. The third kappa shape index (κ3) is 2.30. The molecule has 0 radical (unpaired) electrons. The lowest BCUT2D eigenvalue weighted by Gasteiger charge is -2.56. The number of carbonyl (C=O) groups excluding carboxylic acids is 1. The van der Waals surface area contributed by atoms with Gasteiger partial charge in [0.1, 0.15) is 11.3 Å². The van der Waals surface area contributed by atoms with Gasteiger partial charge in [0.15, 0.2) is 0 Å². The number of fused-ring (bicyclic) bond motifs is 1. The minimum Gasteiger partial charge on any atom is -0.462 e. The number of carbonyl (C=O) groups is 1. The molecule has 0 N–H and O–H groups in total. The summed E-state index contributed by atoms with van der Waals surface area (Å²) in [5, 5.41) is 3.79. The topological polar surface area (TPSA) is 52.3 Å². The molecule has 2 bridgehead atoms. The molecule has 0 aliphatic heterocycles. The SMILES string of the molecule is Cc1noc(C)c1C(=O)OCCC1=CC[C@H]2C[C@@H]1C2(C)C. The lowest BCUT2D eigenvalue weighted by atomic mass is 9.48. The van der Waals surface area contributed by atoms with Crippen LogP contribution in [0.15, 0.2) is 16.2 Å². The molecular weight excluding hydrogens is 266 g/mol. The normalized spacial score (nSPS) is 26.0. The highest BCUT2D eigenvalue weighted by Gasteiger charge is 2.50. The number of hydrogen-bond acceptors (Lipinski definition) is 4. The van der Waals surface area contributed by atoms with E-state index in [0.717, 1.165) is 12.3 Å². The fourth-order valence-corrected chi connectivity index (χ4v) is 3.87. The average molecular weight is 289 g/mol. The van der Waals surface area contributed by atoms with E-state index >= 15 is 0 Å². The average Bonchev–Trinajstić information content (AvgIpc) is 2.78. The highest BCUT2D eigenvalue weighted by atomic mass is 16.5. The molecule has 3 aliphatic carbocycles. The second-order valence-electron chi connectivity index (χ2n) is 6.91. The van der Waals surface area contributed by atoms with Crippen LogP contribution < -0.4 is 0 Å². The van der Waals surface area contributed by atoms with E-state index in [4.69, 9.17) is 9.26 Å². The Bertz CT molecular complexity index is 578. The predicted molar refractivity (Wildman–Crippen MR) is 79.0 cm³/mol. The monoisotopic (exact) mass is 289 g/mol. The molecule has 4 rings (SSSR count). The van der Waals surface area contributed by atoms with Gasteiger partial charge in [-0.1, -0.05) is 30.7 Å². The van der Waals surface area contributed by atoms with Gasteiger partial charge in [0.2, 0.25) is 0 Å². The first-order valence-electron chi connectivity index (χ1n) is 7.70. The first kappa shape index (κ1) is 14.4. The Morgan fingerprint density at radius 3 is 2.81 bits per heavy atom. The third-order valence-electron chi connectivity index (χ3n) is 5.44. The van der Waals surface area contributed by atoms with Crippen LogP contribution in [-0.2, 0) is 4.74 Å². The molecule has 114 valence electrons. The first-order valence-corrected chi connectivity index (χ1v) is 7.70. The summed E-state index contributed by atoms with van der Waals surface area (Å²) < 4.78 is 10.4. The summed E-state index contributed by atoms with van der Waals surface area (Å²) in [6, 6.07) is 0. The van der Waals surface area contributed by atoms with E-state index in [1.54, 1.807) is 13.8 Å². The fraction of sp³-hybridized carbons (Fsp3) is 0.647. The van der Waals surface area contributed by atoms with Crippen molar-refractivity contribution in [3.63, 3.8) is 0 Å². The molecule has 2 atom stereocenters. The standard InChI is InChI=1S/C17H23NO3/c1-10-15(11(2)21-18-10)16(19)20-8-7-12-5-6-13-9-14(12)17(13,3)4/h5,13-14H,6-9H2,1-4H3/t13-,14-/m0/s1. The fourth-order valence-electron chi connectivity index (χ4n) is 3.87. The van der Waals surface area contributed by atoms with E-state index in [9.17, 15) is 4.79 Å². The van der Waals surface area contributed by atoms with Crippen molar-refractivity contribution in [3.05, 3.63) is 28.7 Å². The van der Waals surface area contributed by atoms with Crippen LogP contribution in [0, 0.1) is 31.1 Å². The Balaban J connectivity index is 1.55. The van der Waals surface area contributed by atoms with Gasteiger partial charge in [-0.25, -0.2) is 4.79 Å². The number of hydrogen-bond donors (Lipinski definition) is 0. The lowest BCUT2D eigenvalue weighted by molar-refractivity contribution is -0.0103. The first-order chi connectivity index (χ1) is 9.91. The van der Waals surface area contributed by atoms with Crippen LogP contribution in [0.5, 0.6) is 0 Å². The molecule has 4 nitrogen and oxygen atoms in total. The molecule has 1 aromatic heterocycles. The molecule has 0 unspecified atom stereocenters. The second-order valence-corrected chi connectivity index (χ2v) is 6.91. The summed E-state index contributed by atoms with van der Waals surface area (Å²) in [5.41, 5.74) is 2.96. The maximum Gasteiger partial charge on any atom is 0.343 e. The Kier molecular flexibility index (Phi) is 3.42. The quantitative estimate of drug-likeness (QED) is 0.624. The van der Waals surface area contributed by atoms with E-state index in [1.165, 1.54) is 18.4 Å². The number of rotatable bonds is 4. The van der Waals surface area contributed by atoms with Crippen molar-refractivity contribution in [1.82, 2.24) is 5.16 Å². The zero-order valence-electron chi connectivity index (χ0n) is 13.2. The highest BCUT2D eigenvalue weighted by Crippen LogP contribution is 2.59. The predicted octanol–water partition coefficient (Wildman–Crippen LogP) is 3.83. The van der Waals surface area contributed by atoms with Gasteiger partial charge in [-0.05, 0) is 43.9 Å². The number of aromatic nitrogens is 1. The molecule has 0 amide bonds. The molecule has 1 aromatic rings. The van der Waals surface area contributed by atoms with Crippen molar-refractivity contribution < 1.29 is 14.1 Å². The second kappa shape index (κ2) is 5.00. The van der Waals surface area contributed by atoms with E-state index in [0.29, 0.717) is 35.0 Å². The molecule has 0 aromatic carbocycles. The van der Waals surface area contributed by atoms with Crippen molar-refractivity contribution in [1.29, 1.82) is 0 Å². The van der Waals surface area contributed by atoms with Gasteiger partial charge in [-0.2, -0.15) is 0 Å². The van der Waals surface area contributed by atoms with Gasteiger partial charge in [-0.3, -0.25) is 0 Å². The minimum absolute atomic E-state index is 0.326. The van der Waals surface area contributed by atoms with Crippen LogP contribution >= 0.6 is 0 Å². The number of aryl methyl sites for hydroxylation is 2. The van der Waals surface area contributed by atoms with E-state index in [2.05, 4.69) is 25.1 Å². The van der Waals surface area contributed by atoms with Crippen molar-refractivity contribution in [3.8, 4) is 0 Å². The molecule has 21 heavy (non-hydrogen) atoms. The Morgan fingerprint density at radius 1 is 1.48 bits per heavy atom. The molecule has 0 saturated heterocycles. The van der Waals surface area contributed by atoms with Crippen LogP contribution in [-0.4, -0.2) is 17.7 Å². The van der Waals surface area contributed by atoms with Gasteiger partial charge in [0.05, 0.1) is 12.3 Å². The van der Waals surface area contributed by atoms with Crippen molar-refractivity contribution in [2.45, 2.75) is 47.0 Å². The van der Waals surface area contributed by atoms with Crippen LogP contribution in [0.3, 0.4) is 0 Å². The van der Waals surface area contributed by atoms with Crippen molar-refractivity contribution in [2.24, 2.45) is 17.3 Å². The number of allylic oxidation sites excluding steroid dienone is 1. The summed E-state index contributed by atoms with van der Waals surface area (Å²) >= 11 is 0. The third-order valence-corrected chi connectivity index (χ3v) is 5.44. The van der Waals surface area contributed by atoms with Crippen molar-refractivity contribution >= 4 is 5.97 Å². The van der Waals surface area contributed by atoms with Crippen molar-refractivity contribution in [2.75, 3.05) is 6.61 Å². The number of nitrogens with zero attached hydrogens (tertiary/aromatic N) is 1. The zero-order chi connectivity index (χ0) is 15.2. The minimum atomic E-state index is -0.326. The van der Waals surface area contributed by atoms with Crippen LogP contribution in [0.25, 0.3) is 0 Å². The van der Waals surface area contributed by atoms with Gasteiger partial charge in [0.25, 0.3) is 0 Å². The van der Waals surface area contributed by atoms with Crippen LogP contribution in [0.1, 0.15) is 54.9 Å². The van der Waals surface area contributed by atoms with Crippen LogP contribution in [0.4, 0.5) is 0 Å². The van der Waals surface area contributed by atoms with Crippen LogP contribution in [0.2, 0.25) is 0 Å². The number of ether oxygens (including phenoxy) is 1. The molecule has 1 saturated carbocycles. The number of esters is 1. The maximum atomic E-state index is 12.1. The summed E-state index contributed by atoms with van der Waals surface area (Å²) in [5.74, 6) is 1.72. The highest BCUT2D eigenvalue weighted by molar-refractivity contribution is 5.91. The maximum absolute atomic E-state index is 12.1. The van der Waals surface area contributed by atoms with Gasteiger partial charge in [-0.15, -0.1) is 0 Å². The smallest absolute Gasteiger partial charge is 0.343 e. The van der Waals surface area contributed by atoms with E-state index in [-0.39, 0.29) is 5.97 Å². The van der Waals surface area contributed by atoms with Gasteiger partial charge >= 0.3 is 5.97 Å². The lowest BCUT2D eigenvalue weighted by Crippen LogP contribution is -2.48. The summed E-state index contributed by atoms with van der Waals surface area (Å²) in [6.07, 6.45) is 5.68. The Labute approximate surface area is 125 Å². The van der Waals surface area contributed by atoms with E-state index < -0.39 is 0 Å². The largest absolute Gasteiger partial charge is 0.462 e. The molecular formula is C17H23NO3. The molecule has 0 spiro atoms. The molecule has 1 heterocycles. The van der Waals surface area contributed by atoms with E-state index in [1.807, 2.05) is 0 Å². The summed E-state index contributed by atoms with van der Waals surface area (Å²) in [7, 11) is 0. The van der Waals surface area contributed by atoms with Gasteiger partial charge in [0, 0.05) is 6.42 Å². The molecule has 1 fully saturated rings.